The first kappa shape index (κ1) is 13.2. The van der Waals surface area contributed by atoms with Crippen LogP contribution in [0, 0.1) is 6.92 Å². The molecule has 0 spiro atoms. The Kier molecular flexibility index (Phi) is 3.52. The van der Waals surface area contributed by atoms with E-state index in [2.05, 4.69) is 0 Å². The van der Waals surface area contributed by atoms with E-state index in [1.807, 2.05) is 13.0 Å². The lowest BCUT2D eigenvalue weighted by atomic mass is 10.1. The lowest BCUT2D eigenvalue weighted by Crippen LogP contribution is -2.36. The number of hydrogen-bond donors (Lipinski definition) is 1. The van der Waals surface area contributed by atoms with Crippen molar-refractivity contribution in [2.24, 2.45) is 5.73 Å². The standard InChI is InChI=1S/C13H17F3N2/c1-9-6-12(3-2-10(9)7-17)18(11-4-5-11)8-13(14,15)16/h2-3,6,11H,4-5,7-8,17H2,1H3. The van der Waals surface area contributed by atoms with Crippen LogP contribution in [0.5, 0.6) is 0 Å². The summed E-state index contributed by atoms with van der Waals surface area (Å²) in [6, 6.07) is 5.39. The molecule has 5 heteroatoms. The number of nitrogens with two attached hydrogens (primary N) is 1. The molecule has 0 saturated heterocycles. The molecule has 2 rings (SSSR count). The van der Waals surface area contributed by atoms with Gasteiger partial charge in [0.2, 0.25) is 0 Å². The maximum atomic E-state index is 12.6. The van der Waals surface area contributed by atoms with Gasteiger partial charge in [0.1, 0.15) is 6.54 Å². The third kappa shape index (κ3) is 3.16. The number of rotatable bonds is 4. The summed E-state index contributed by atoms with van der Waals surface area (Å²) in [4.78, 5) is 1.45. The summed E-state index contributed by atoms with van der Waals surface area (Å²) in [5, 5.41) is 0. The second-order valence-corrected chi connectivity index (χ2v) is 4.79. The van der Waals surface area contributed by atoms with Crippen LogP contribution in [0.3, 0.4) is 0 Å². The number of nitrogens with zero attached hydrogens (tertiary/aromatic N) is 1. The first-order chi connectivity index (χ1) is 8.40. The molecule has 2 N–H and O–H groups in total. The predicted molar refractivity (Wildman–Crippen MR) is 65.5 cm³/mol. The second kappa shape index (κ2) is 4.80. The number of hydrogen-bond acceptors (Lipinski definition) is 2. The van der Waals surface area contributed by atoms with E-state index in [4.69, 9.17) is 5.73 Å². The molecule has 0 unspecified atom stereocenters. The van der Waals surface area contributed by atoms with Gasteiger partial charge >= 0.3 is 6.18 Å². The van der Waals surface area contributed by atoms with Crippen LogP contribution < -0.4 is 10.6 Å². The van der Waals surface area contributed by atoms with Gasteiger partial charge in [-0.1, -0.05) is 6.07 Å². The SMILES string of the molecule is Cc1cc(N(CC(F)(F)F)C2CC2)ccc1CN. The molecular formula is C13H17F3N2. The quantitative estimate of drug-likeness (QED) is 0.899. The van der Waals surface area contributed by atoms with Crippen LogP contribution in [0.1, 0.15) is 24.0 Å². The summed E-state index contributed by atoms with van der Waals surface area (Å²) in [7, 11) is 0. The molecule has 1 aliphatic rings. The fraction of sp³-hybridized carbons (Fsp3) is 0.538. The van der Waals surface area contributed by atoms with Crippen LogP contribution in [0.4, 0.5) is 18.9 Å². The highest BCUT2D eigenvalue weighted by Crippen LogP contribution is 2.35. The first-order valence-corrected chi connectivity index (χ1v) is 6.03. The van der Waals surface area contributed by atoms with Crippen LogP contribution >= 0.6 is 0 Å². The summed E-state index contributed by atoms with van der Waals surface area (Å²) in [6.45, 7) is 1.41. The van der Waals surface area contributed by atoms with Gasteiger partial charge in [0.25, 0.3) is 0 Å². The Hall–Kier alpha value is -1.23. The van der Waals surface area contributed by atoms with Gasteiger partial charge in [-0.25, -0.2) is 0 Å². The molecule has 1 saturated carbocycles. The van der Waals surface area contributed by atoms with Gasteiger partial charge < -0.3 is 10.6 Å². The smallest absolute Gasteiger partial charge is 0.360 e. The molecule has 1 aromatic rings. The summed E-state index contributed by atoms with van der Waals surface area (Å²) in [6.07, 6.45) is -2.48. The molecule has 1 fully saturated rings. The van der Waals surface area contributed by atoms with Crippen molar-refractivity contribution in [2.75, 3.05) is 11.4 Å². The molecule has 0 atom stereocenters. The molecule has 1 aromatic carbocycles. The molecule has 0 aliphatic heterocycles. The predicted octanol–water partition coefficient (Wildman–Crippen LogP) is 2.98. The summed E-state index contributed by atoms with van der Waals surface area (Å²) in [5.74, 6) is 0. The third-order valence-corrected chi connectivity index (χ3v) is 3.22. The monoisotopic (exact) mass is 258 g/mol. The lowest BCUT2D eigenvalue weighted by Gasteiger charge is -2.26. The van der Waals surface area contributed by atoms with Gasteiger partial charge in [0.05, 0.1) is 0 Å². The Morgan fingerprint density at radius 1 is 1.33 bits per heavy atom. The van der Waals surface area contributed by atoms with Crippen molar-refractivity contribution in [3.63, 3.8) is 0 Å². The zero-order chi connectivity index (χ0) is 13.3. The Bertz CT molecular complexity index is 425. The number of aryl methyl sites for hydroxylation is 1. The molecule has 0 radical (unpaired) electrons. The van der Waals surface area contributed by atoms with Crippen molar-refractivity contribution >= 4 is 5.69 Å². The number of anilines is 1. The van der Waals surface area contributed by atoms with Crippen molar-refractivity contribution in [1.82, 2.24) is 0 Å². The van der Waals surface area contributed by atoms with Crippen molar-refractivity contribution in [1.29, 1.82) is 0 Å². The zero-order valence-electron chi connectivity index (χ0n) is 10.3. The van der Waals surface area contributed by atoms with Gasteiger partial charge in [0, 0.05) is 18.3 Å². The third-order valence-electron chi connectivity index (χ3n) is 3.22. The molecule has 18 heavy (non-hydrogen) atoms. The van der Waals surface area contributed by atoms with Gasteiger partial charge in [0.15, 0.2) is 0 Å². The highest BCUT2D eigenvalue weighted by Gasteiger charge is 2.38. The van der Waals surface area contributed by atoms with E-state index in [9.17, 15) is 13.2 Å². The Labute approximate surface area is 105 Å². The van der Waals surface area contributed by atoms with E-state index >= 15 is 0 Å². The van der Waals surface area contributed by atoms with Crippen LogP contribution in [0.2, 0.25) is 0 Å². The summed E-state index contributed by atoms with van der Waals surface area (Å²) in [5.41, 5.74) is 8.12. The van der Waals surface area contributed by atoms with Gasteiger partial charge in [-0.15, -0.1) is 0 Å². The van der Waals surface area contributed by atoms with Crippen LogP contribution in [0.25, 0.3) is 0 Å². The van der Waals surface area contributed by atoms with E-state index in [1.54, 1.807) is 12.1 Å². The van der Waals surface area contributed by atoms with Crippen molar-refractivity contribution in [2.45, 2.75) is 38.5 Å². The Morgan fingerprint density at radius 2 is 2.00 bits per heavy atom. The summed E-state index contributed by atoms with van der Waals surface area (Å²) >= 11 is 0. The Morgan fingerprint density at radius 3 is 2.44 bits per heavy atom. The minimum absolute atomic E-state index is 0.0368. The number of alkyl halides is 3. The average Bonchev–Trinajstić information content (AvgIpc) is 3.08. The van der Waals surface area contributed by atoms with E-state index < -0.39 is 12.7 Å². The number of benzene rings is 1. The second-order valence-electron chi connectivity index (χ2n) is 4.79. The van der Waals surface area contributed by atoms with Crippen LogP contribution in [-0.4, -0.2) is 18.8 Å². The fourth-order valence-electron chi connectivity index (χ4n) is 2.10. The Balaban J connectivity index is 2.23. The molecule has 0 amide bonds. The molecule has 1 aliphatic carbocycles. The maximum Gasteiger partial charge on any atom is 0.405 e. The van der Waals surface area contributed by atoms with Crippen molar-refractivity contribution in [3.8, 4) is 0 Å². The maximum absolute atomic E-state index is 12.6. The zero-order valence-corrected chi connectivity index (χ0v) is 10.3. The van der Waals surface area contributed by atoms with Crippen LogP contribution in [0.15, 0.2) is 18.2 Å². The van der Waals surface area contributed by atoms with Crippen molar-refractivity contribution in [3.05, 3.63) is 29.3 Å². The van der Waals surface area contributed by atoms with E-state index in [1.165, 1.54) is 4.90 Å². The average molecular weight is 258 g/mol. The largest absolute Gasteiger partial charge is 0.405 e. The fourth-order valence-corrected chi connectivity index (χ4v) is 2.10. The van der Waals surface area contributed by atoms with E-state index in [-0.39, 0.29) is 6.04 Å². The summed E-state index contributed by atoms with van der Waals surface area (Å²) < 4.78 is 37.7. The molecular weight excluding hydrogens is 241 g/mol. The van der Waals surface area contributed by atoms with Crippen LogP contribution in [-0.2, 0) is 6.54 Å². The lowest BCUT2D eigenvalue weighted by molar-refractivity contribution is -0.120. The topological polar surface area (TPSA) is 29.3 Å². The normalized spacial score (nSPS) is 15.8. The van der Waals surface area contributed by atoms with E-state index in [0.29, 0.717) is 12.2 Å². The van der Waals surface area contributed by atoms with Gasteiger partial charge in [-0.05, 0) is 43.0 Å². The molecule has 0 bridgehead atoms. The highest BCUT2D eigenvalue weighted by molar-refractivity contribution is 5.52. The minimum Gasteiger partial charge on any atom is -0.360 e. The first-order valence-electron chi connectivity index (χ1n) is 6.03. The molecule has 0 aromatic heterocycles. The van der Waals surface area contributed by atoms with E-state index in [0.717, 1.165) is 24.0 Å². The van der Waals surface area contributed by atoms with Crippen molar-refractivity contribution < 1.29 is 13.2 Å². The highest BCUT2D eigenvalue weighted by atomic mass is 19.4. The van der Waals surface area contributed by atoms with Gasteiger partial charge in [-0.2, -0.15) is 13.2 Å². The minimum atomic E-state index is -4.16. The van der Waals surface area contributed by atoms with Gasteiger partial charge in [-0.3, -0.25) is 0 Å². The molecule has 2 nitrogen and oxygen atoms in total. The molecule has 100 valence electrons. The number of halogens is 3. The molecule has 0 heterocycles.